The van der Waals surface area contributed by atoms with Crippen molar-refractivity contribution in [1.29, 1.82) is 0 Å². The maximum absolute atomic E-state index is 6.12. The lowest BCUT2D eigenvalue weighted by atomic mass is 10.1. The Balaban J connectivity index is 1.84. The van der Waals surface area contributed by atoms with Gasteiger partial charge in [0.15, 0.2) is 5.69 Å². The molecule has 0 aliphatic heterocycles. The summed E-state index contributed by atoms with van der Waals surface area (Å²) in [5.41, 5.74) is 1.51. The van der Waals surface area contributed by atoms with Gasteiger partial charge in [0, 0.05) is 17.8 Å². The molecular formula is C14H12Cl2N4O. The van der Waals surface area contributed by atoms with Gasteiger partial charge < -0.3 is 4.42 Å². The molecule has 0 bridgehead atoms. The Morgan fingerprint density at radius 3 is 2.81 bits per heavy atom. The Morgan fingerprint density at radius 2 is 2.10 bits per heavy atom. The second-order valence-corrected chi connectivity index (χ2v) is 5.33. The van der Waals surface area contributed by atoms with E-state index in [1.165, 1.54) is 0 Å². The highest BCUT2D eigenvalue weighted by Crippen LogP contribution is 2.25. The molecule has 0 aliphatic carbocycles. The Kier molecular flexibility index (Phi) is 3.94. The number of aromatic nitrogens is 4. The second kappa shape index (κ2) is 5.87. The van der Waals surface area contributed by atoms with E-state index in [4.69, 9.17) is 27.6 Å². The van der Waals surface area contributed by atoms with E-state index in [2.05, 4.69) is 15.3 Å². The Bertz CT molecular complexity index is 766. The van der Waals surface area contributed by atoms with Crippen molar-refractivity contribution in [3.8, 4) is 11.6 Å². The molecule has 21 heavy (non-hydrogen) atoms. The highest BCUT2D eigenvalue weighted by atomic mass is 35.5. The summed E-state index contributed by atoms with van der Waals surface area (Å²) in [7, 11) is 0. The fourth-order valence-electron chi connectivity index (χ4n) is 1.95. The van der Waals surface area contributed by atoms with Crippen LogP contribution in [0.5, 0.6) is 0 Å². The molecule has 2 heterocycles. The number of hydrogen-bond donors (Lipinski definition) is 0. The maximum Gasteiger partial charge on any atom is 0.269 e. The molecule has 0 fully saturated rings. The molecule has 0 aliphatic rings. The molecule has 0 saturated heterocycles. The molecule has 0 amide bonds. The average Bonchev–Trinajstić information content (AvgIpc) is 3.05. The topological polar surface area (TPSA) is 56.7 Å². The molecule has 0 N–H and O–H groups in total. The van der Waals surface area contributed by atoms with Crippen molar-refractivity contribution in [3.63, 3.8) is 0 Å². The minimum Gasteiger partial charge on any atom is -0.419 e. The maximum atomic E-state index is 6.12. The number of aryl methyl sites for hydroxylation is 1. The number of hydrogen-bond acceptors (Lipinski definition) is 4. The lowest BCUT2D eigenvalue weighted by Gasteiger charge is -1.97. The summed E-state index contributed by atoms with van der Waals surface area (Å²) in [5.74, 6) is 0.818. The van der Waals surface area contributed by atoms with Gasteiger partial charge in [0.05, 0.1) is 11.4 Å². The minimum absolute atomic E-state index is 0.323. The van der Waals surface area contributed by atoms with Crippen molar-refractivity contribution in [2.24, 2.45) is 0 Å². The van der Waals surface area contributed by atoms with E-state index in [9.17, 15) is 0 Å². The fourth-order valence-corrected chi connectivity index (χ4v) is 2.39. The van der Waals surface area contributed by atoms with E-state index in [0.29, 0.717) is 33.9 Å². The summed E-state index contributed by atoms with van der Waals surface area (Å²) in [6, 6.07) is 7.52. The normalized spacial score (nSPS) is 11.0. The van der Waals surface area contributed by atoms with Gasteiger partial charge in [0.2, 0.25) is 5.89 Å². The van der Waals surface area contributed by atoms with Crippen LogP contribution in [0.4, 0.5) is 0 Å². The molecule has 1 aromatic carbocycles. The van der Waals surface area contributed by atoms with Crippen LogP contribution in [-0.2, 0) is 13.0 Å². The SMILES string of the molecule is CCn1cc(Cl)c(-c2nnc(Cc3cccc(Cl)c3)o2)n1. The second-order valence-electron chi connectivity index (χ2n) is 4.49. The largest absolute Gasteiger partial charge is 0.419 e. The quantitative estimate of drug-likeness (QED) is 0.732. The minimum atomic E-state index is 0.323. The third kappa shape index (κ3) is 3.09. The summed E-state index contributed by atoms with van der Waals surface area (Å²) in [6.07, 6.45) is 2.25. The number of benzene rings is 1. The molecule has 0 radical (unpaired) electrons. The highest BCUT2D eigenvalue weighted by Gasteiger charge is 2.16. The molecule has 3 rings (SSSR count). The Labute approximate surface area is 131 Å². The Morgan fingerprint density at radius 1 is 1.24 bits per heavy atom. The first-order valence-corrected chi connectivity index (χ1v) is 7.21. The van der Waals surface area contributed by atoms with E-state index >= 15 is 0 Å². The van der Waals surface area contributed by atoms with Crippen molar-refractivity contribution in [2.75, 3.05) is 0 Å². The average molecular weight is 323 g/mol. The van der Waals surface area contributed by atoms with Crippen LogP contribution in [0.3, 0.4) is 0 Å². The predicted octanol–water partition coefficient (Wildman–Crippen LogP) is 3.85. The van der Waals surface area contributed by atoms with E-state index in [0.717, 1.165) is 12.1 Å². The van der Waals surface area contributed by atoms with E-state index in [1.54, 1.807) is 10.9 Å². The predicted molar refractivity (Wildman–Crippen MR) is 80.5 cm³/mol. The third-order valence-corrected chi connectivity index (χ3v) is 3.47. The molecular weight excluding hydrogens is 311 g/mol. The third-order valence-electron chi connectivity index (χ3n) is 2.95. The molecule has 7 heteroatoms. The molecule has 0 saturated carbocycles. The van der Waals surface area contributed by atoms with Crippen LogP contribution in [0.1, 0.15) is 18.4 Å². The van der Waals surface area contributed by atoms with Gasteiger partial charge in [-0.2, -0.15) is 5.10 Å². The summed E-state index contributed by atoms with van der Waals surface area (Å²) >= 11 is 12.1. The van der Waals surface area contributed by atoms with Gasteiger partial charge in [-0.15, -0.1) is 10.2 Å². The van der Waals surface area contributed by atoms with Gasteiger partial charge in [-0.25, -0.2) is 0 Å². The summed E-state index contributed by atoms with van der Waals surface area (Å²) < 4.78 is 7.35. The van der Waals surface area contributed by atoms with Crippen LogP contribution in [0, 0.1) is 0 Å². The van der Waals surface area contributed by atoms with Crippen LogP contribution >= 0.6 is 23.2 Å². The number of halogens is 2. The zero-order valence-corrected chi connectivity index (χ0v) is 12.8. The summed E-state index contributed by atoms with van der Waals surface area (Å²) in [6.45, 7) is 2.70. The Hall–Kier alpha value is -1.85. The molecule has 0 atom stereocenters. The van der Waals surface area contributed by atoms with Crippen molar-refractivity contribution < 1.29 is 4.42 Å². The van der Waals surface area contributed by atoms with Gasteiger partial charge in [-0.1, -0.05) is 35.3 Å². The van der Waals surface area contributed by atoms with Gasteiger partial charge in [-0.05, 0) is 24.6 Å². The van der Waals surface area contributed by atoms with E-state index in [-0.39, 0.29) is 0 Å². The van der Waals surface area contributed by atoms with E-state index in [1.807, 2.05) is 31.2 Å². The van der Waals surface area contributed by atoms with Crippen molar-refractivity contribution in [2.45, 2.75) is 19.9 Å². The number of rotatable bonds is 4. The first-order valence-electron chi connectivity index (χ1n) is 6.46. The van der Waals surface area contributed by atoms with Crippen molar-refractivity contribution in [1.82, 2.24) is 20.0 Å². The molecule has 0 unspecified atom stereocenters. The van der Waals surface area contributed by atoms with Crippen molar-refractivity contribution >= 4 is 23.2 Å². The smallest absolute Gasteiger partial charge is 0.269 e. The molecule has 5 nitrogen and oxygen atoms in total. The molecule has 3 aromatic rings. The monoisotopic (exact) mass is 322 g/mol. The van der Waals surface area contributed by atoms with Crippen LogP contribution in [-0.4, -0.2) is 20.0 Å². The highest BCUT2D eigenvalue weighted by molar-refractivity contribution is 6.32. The lowest BCUT2D eigenvalue weighted by Crippen LogP contribution is -1.93. The zero-order valence-electron chi connectivity index (χ0n) is 11.3. The van der Waals surface area contributed by atoms with Crippen LogP contribution < -0.4 is 0 Å². The first-order chi connectivity index (χ1) is 10.2. The fraction of sp³-hybridized carbons (Fsp3) is 0.214. The lowest BCUT2D eigenvalue weighted by molar-refractivity contribution is 0.514. The van der Waals surface area contributed by atoms with Gasteiger partial charge in [0.1, 0.15) is 0 Å². The summed E-state index contributed by atoms with van der Waals surface area (Å²) in [4.78, 5) is 0. The molecule has 108 valence electrons. The van der Waals surface area contributed by atoms with E-state index < -0.39 is 0 Å². The standard InChI is InChI=1S/C14H12Cl2N4O/c1-2-20-8-11(16)13(19-20)14-18-17-12(21-14)7-9-4-3-5-10(15)6-9/h3-6,8H,2,7H2,1H3. The zero-order chi connectivity index (χ0) is 14.8. The van der Waals surface area contributed by atoms with Gasteiger partial charge in [0.25, 0.3) is 5.89 Å². The summed E-state index contributed by atoms with van der Waals surface area (Å²) in [5, 5.41) is 13.5. The molecule has 2 aromatic heterocycles. The van der Waals surface area contributed by atoms with Gasteiger partial charge >= 0.3 is 0 Å². The molecule has 0 spiro atoms. The first kappa shape index (κ1) is 14.1. The van der Waals surface area contributed by atoms with Crippen LogP contribution in [0.15, 0.2) is 34.9 Å². The van der Waals surface area contributed by atoms with Crippen LogP contribution in [0.25, 0.3) is 11.6 Å². The van der Waals surface area contributed by atoms with Gasteiger partial charge in [-0.3, -0.25) is 4.68 Å². The number of nitrogens with zero attached hydrogens (tertiary/aromatic N) is 4. The van der Waals surface area contributed by atoms with Crippen molar-refractivity contribution in [3.05, 3.63) is 52.0 Å². The van der Waals surface area contributed by atoms with Crippen LogP contribution in [0.2, 0.25) is 10.0 Å².